The summed E-state index contributed by atoms with van der Waals surface area (Å²) in [6.07, 6.45) is 5.68. The fraction of sp³-hybridized carbons (Fsp3) is 0.353. The summed E-state index contributed by atoms with van der Waals surface area (Å²) in [5.41, 5.74) is 0.461. The zero-order chi connectivity index (χ0) is 17.0. The normalized spacial score (nSPS) is 15.5. The van der Waals surface area contributed by atoms with Crippen molar-refractivity contribution in [2.24, 2.45) is 0 Å². The van der Waals surface area contributed by atoms with Gasteiger partial charge in [0.2, 0.25) is 10.0 Å². The second kappa shape index (κ2) is 7.19. The molecule has 1 saturated heterocycles. The molecule has 0 unspecified atom stereocenters. The van der Waals surface area contributed by atoms with Crippen molar-refractivity contribution in [1.82, 2.24) is 14.2 Å². The Labute approximate surface area is 142 Å². The Kier molecular flexibility index (Phi) is 5.01. The van der Waals surface area contributed by atoms with Crippen LogP contribution < -0.4 is 5.32 Å². The van der Waals surface area contributed by atoms with E-state index in [0.29, 0.717) is 31.7 Å². The van der Waals surface area contributed by atoms with E-state index in [-0.39, 0.29) is 10.8 Å². The molecule has 2 heterocycles. The minimum atomic E-state index is -3.43. The first-order valence-corrected chi connectivity index (χ1v) is 9.50. The summed E-state index contributed by atoms with van der Waals surface area (Å²) in [6, 6.07) is 10.0. The maximum atomic E-state index is 12.4. The quantitative estimate of drug-likeness (QED) is 0.865. The van der Waals surface area contributed by atoms with Gasteiger partial charge in [-0.1, -0.05) is 0 Å². The van der Waals surface area contributed by atoms with Crippen LogP contribution in [0.1, 0.15) is 23.2 Å². The number of carbonyl (C=O) groups excluding carboxylic acids is 1. The van der Waals surface area contributed by atoms with Gasteiger partial charge in [-0.3, -0.25) is 4.79 Å². The van der Waals surface area contributed by atoms with Crippen molar-refractivity contribution in [1.29, 1.82) is 0 Å². The molecule has 2 aromatic rings. The highest BCUT2D eigenvalue weighted by Crippen LogP contribution is 2.21. The summed E-state index contributed by atoms with van der Waals surface area (Å²) in [6.45, 7) is 2.36. The SMILES string of the molecule is O=C(NCCn1cccc1)c1ccc(S(=O)(=O)N2CCCC2)cc1. The van der Waals surface area contributed by atoms with Crippen molar-refractivity contribution in [3.63, 3.8) is 0 Å². The van der Waals surface area contributed by atoms with Crippen LogP contribution in [-0.4, -0.2) is 42.8 Å². The Morgan fingerprint density at radius 2 is 1.67 bits per heavy atom. The van der Waals surface area contributed by atoms with Gasteiger partial charge in [0, 0.05) is 44.1 Å². The van der Waals surface area contributed by atoms with Gasteiger partial charge in [0.05, 0.1) is 4.90 Å². The molecule has 7 heteroatoms. The van der Waals surface area contributed by atoms with Crippen molar-refractivity contribution in [3.05, 3.63) is 54.4 Å². The average molecular weight is 347 g/mol. The van der Waals surface area contributed by atoms with Gasteiger partial charge in [0.15, 0.2) is 0 Å². The van der Waals surface area contributed by atoms with Gasteiger partial charge in [-0.05, 0) is 49.2 Å². The number of nitrogens with zero attached hydrogens (tertiary/aromatic N) is 2. The van der Waals surface area contributed by atoms with Crippen LogP contribution >= 0.6 is 0 Å². The van der Waals surface area contributed by atoms with Gasteiger partial charge in [-0.25, -0.2) is 8.42 Å². The fourth-order valence-corrected chi connectivity index (χ4v) is 4.29. The molecule has 1 aliphatic heterocycles. The molecule has 24 heavy (non-hydrogen) atoms. The predicted molar refractivity (Wildman–Crippen MR) is 91.2 cm³/mol. The molecular formula is C17H21N3O3S. The van der Waals surface area contributed by atoms with E-state index >= 15 is 0 Å². The molecule has 0 aliphatic carbocycles. The van der Waals surface area contributed by atoms with Crippen molar-refractivity contribution in [3.8, 4) is 0 Å². The van der Waals surface area contributed by atoms with E-state index < -0.39 is 10.0 Å². The summed E-state index contributed by atoms with van der Waals surface area (Å²) in [5.74, 6) is -0.202. The van der Waals surface area contributed by atoms with Crippen LogP contribution in [0.25, 0.3) is 0 Å². The second-order valence-corrected chi connectivity index (χ2v) is 7.75. The minimum Gasteiger partial charge on any atom is -0.353 e. The lowest BCUT2D eigenvalue weighted by molar-refractivity contribution is 0.0952. The fourth-order valence-electron chi connectivity index (χ4n) is 2.78. The summed E-state index contributed by atoms with van der Waals surface area (Å²) in [7, 11) is -3.43. The molecule has 1 aromatic heterocycles. The summed E-state index contributed by atoms with van der Waals surface area (Å²) < 4.78 is 28.4. The van der Waals surface area contributed by atoms with Gasteiger partial charge in [0.1, 0.15) is 0 Å². The number of nitrogens with one attached hydrogen (secondary N) is 1. The lowest BCUT2D eigenvalue weighted by atomic mass is 10.2. The van der Waals surface area contributed by atoms with E-state index in [4.69, 9.17) is 0 Å². The van der Waals surface area contributed by atoms with Crippen molar-refractivity contribution in [2.45, 2.75) is 24.3 Å². The molecule has 6 nitrogen and oxygen atoms in total. The molecule has 1 aromatic carbocycles. The van der Waals surface area contributed by atoms with E-state index in [2.05, 4.69) is 5.32 Å². The number of hydrogen-bond acceptors (Lipinski definition) is 3. The predicted octanol–water partition coefficient (Wildman–Crippen LogP) is 1.70. The third kappa shape index (κ3) is 3.68. The highest BCUT2D eigenvalue weighted by atomic mass is 32.2. The van der Waals surface area contributed by atoms with Gasteiger partial charge in [-0.2, -0.15) is 4.31 Å². The highest BCUT2D eigenvalue weighted by molar-refractivity contribution is 7.89. The lowest BCUT2D eigenvalue weighted by Crippen LogP contribution is -2.28. The largest absolute Gasteiger partial charge is 0.353 e. The number of benzene rings is 1. The molecule has 0 radical (unpaired) electrons. The Morgan fingerprint density at radius 3 is 2.29 bits per heavy atom. The van der Waals surface area contributed by atoms with Gasteiger partial charge >= 0.3 is 0 Å². The maximum Gasteiger partial charge on any atom is 0.251 e. The van der Waals surface area contributed by atoms with Crippen LogP contribution in [0.15, 0.2) is 53.7 Å². The van der Waals surface area contributed by atoms with E-state index in [9.17, 15) is 13.2 Å². The lowest BCUT2D eigenvalue weighted by Gasteiger charge is -2.15. The second-order valence-electron chi connectivity index (χ2n) is 5.81. The van der Waals surface area contributed by atoms with Crippen LogP contribution in [0.4, 0.5) is 0 Å². The van der Waals surface area contributed by atoms with Crippen LogP contribution in [0.3, 0.4) is 0 Å². The Balaban J connectivity index is 1.60. The molecule has 1 fully saturated rings. The van der Waals surface area contributed by atoms with Gasteiger partial charge < -0.3 is 9.88 Å². The summed E-state index contributed by atoms with van der Waals surface area (Å²) in [4.78, 5) is 12.4. The third-order valence-electron chi connectivity index (χ3n) is 4.14. The Bertz CT molecular complexity index is 777. The van der Waals surface area contributed by atoms with Crippen LogP contribution in [0.2, 0.25) is 0 Å². The maximum absolute atomic E-state index is 12.4. The summed E-state index contributed by atoms with van der Waals surface area (Å²) in [5, 5.41) is 2.83. The Morgan fingerprint density at radius 1 is 1.04 bits per heavy atom. The molecule has 0 saturated carbocycles. The van der Waals surface area contributed by atoms with E-state index in [0.717, 1.165) is 12.8 Å². The van der Waals surface area contributed by atoms with E-state index in [1.54, 1.807) is 12.1 Å². The van der Waals surface area contributed by atoms with Gasteiger partial charge in [0.25, 0.3) is 5.91 Å². The molecule has 0 bridgehead atoms. The monoisotopic (exact) mass is 347 g/mol. The molecule has 0 atom stereocenters. The number of carbonyl (C=O) groups is 1. The average Bonchev–Trinajstić information content (AvgIpc) is 3.29. The van der Waals surface area contributed by atoms with E-state index in [1.807, 2.05) is 29.1 Å². The van der Waals surface area contributed by atoms with E-state index in [1.165, 1.54) is 16.4 Å². The first-order chi connectivity index (χ1) is 11.6. The number of rotatable bonds is 6. The highest BCUT2D eigenvalue weighted by Gasteiger charge is 2.27. The third-order valence-corrected chi connectivity index (χ3v) is 6.05. The summed E-state index contributed by atoms with van der Waals surface area (Å²) >= 11 is 0. The van der Waals surface area contributed by atoms with Gasteiger partial charge in [-0.15, -0.1) is 0 Å². The minimum absolute atomic E-state index is 0.202. The smallest absolute Gasteiger partial charge is 0.251 e. The molecule has 3 rings (SSSR count). The number of hydrogen-bond donors (Lipinski definition) is 1. The number of sulfonamides is 1. The molecule has 0 spiro atoms. The molecule has 1 aliphatic rings. The van der Waals surface area contributed by atoms with Crippen LogP contribution in [0, 0.1) is 0 Å². The van der Waals surface area contributed by atoms with Crippen molar-refractivity contribution < 1.29 is 13.2 Å². The van der Waals surface area contributed by atoms with Crippen LogP contribution in [0.5, 0.6) is 0 Å². The van der Waals surface area contributed by atoms with Crippen LogP contribution in [-0.2, 0) is 16.6 Å². The molecule has 128 valence electrons. The Hall–Kier alpha value is -2.12. The molecular weight excluding hydrogens is 326 g/mol. The number of amides is 1. The number of aromatic nitrogens is 1. The standard InChI is InChI=1S/C17H21N3O3S/c21-17(18-9-14-19-10-1-2-11-19)15-5-7-16(8-6-15)24(22,23)20-12-3-4-13-20/h1-2,5-8,10-11H,3-4,9,12-14H2,(H,18,21). The van der Waals surface area contributed by atoms with Crippen molar-refractivity contribution >= 4 is 15.9 Å². The molecule has 1 amide bonds. The van der Waals surface area contributed by atoms with Crippen molar-refractivity contribution in [2.75, 3.05) is 19.6 Å². The zero-order valence-corrected chi connectivity index (χ0v) is 14.2. The first kappa shape index (κ1) is 16.7. The zero-order valence-electron chi connectivity index (χ0n) is 13.4. The topological polar surface area (TPSA) is 71.4 Å². The molecule has 1 N–H and O–H groups in total. The first-order valence-electron chi connectivity index (χ1n) is 8.06.